The summed E-state index contributed by atoms with van der Waals surface area (Å²) >= 11 is 6.06. The summed E-state index contributed by atoms with van der Waals surface area (Å²) in [7, 11) is 0. The van der Waals surface area contributed by atoms with E-state index in [4.69, 9.17) is 11.6 Å². The molecule has 0 aliphatic carbocycles. The lowest BCUT2D eigenvalue weighted by molar-refractivity contribution is -0.120. The van der Waals surface area contributed by atoms with Crippen molar-refractivity contribution in [3.05, 3.63) is 70.4 Å². The minimum Gasteiger partial charge on any atom is -0.322 e. The zero-order valence-electron chi connectivity index (χ0n) is 12.9. The summed E-state index contributed by atoms with van der Waals surface area (Å²) in [6.45, 7) is 3.24. The summed E-state index contributed by atoms with van der Waals surface area (Å²) in [6.07, 6.45) is 1.62. The van der Waals surface area contributed by atoms with Crippen LogP contribution in [0.25, 0.3) is 6.08 Å². The van der Waals surface area contributed by atoms with E-state index in [9.17, 15) is 9.59 Å². The van der Waals surface area contributed by atoms with Gasteiger partial charge in [0, 0.05) is 17.6 Å². The molecule has 118 valence electrons. The Kier molecular flexibility index (Phi) is 5.55. The monoisotopic (exact) mass is 328 g/mol. The predicted octanol–water partition coefficient (Wildman–Crippen LogP) is 3.76. The Hall–Kier alpha value is -2.59. The highest BCUT2D eigenvalue weighted by Gasteiger charge is 2.12. The largest absolute Gasteiger partial charge is 0.322 e. The van der Waals surface area contributed by atoms with Crippen molar-refractivity contribution in [3.8, 4) is 0 Å². The molecular weight excluding hydrogens is 312 g/mol. The third-order valence-electron chi connectivity index (χ3n) is 3.10. The number of aryl methyl sites for hydroxylation is 1. The molecular formula is C18H17ClN2O2. The van der Waals surface area contributed by atoms with E-state index in [-0.39, 0.29) is 11.6 Å². The zero-order chi connectivity index (χ0) is 16.8. The number of amides is 2. The van der Waals surface area contributed by atoms with Gasteiger partial charge in [-0.1, -0.05) is 48.0 Å². The fraction of sp³-hybridized carbons (Fsp3) is 0.111. The van der Waals surface area contributed by atoms with Gasteiger partial charge in [-0.15, -0.1) is 0 Å². The van der Waals surface area contributed by atoms with Gasteiger partial charge in [0.2, 0.25) is 5.91 Å². The van der Waals surface area contributed by atoms with Gasteiger partial charge >= 0.3 is 0 Å². The molecule has 4 nitrogen and oxygen atoms in total. The van der Waals surface area contributed by atoms with Crippen molar-refractivity contribution < 1.29 is 9.59 Å². The van der Waals surface area contributed by atoms with Crippen LogP contribution in [0, 0.1) is 6.92 Å². The second-order valence-corrected chi connectivity index (χ2v) is 5.48. The first-order valence-electron chi connectivity index (χ1n) is 7.07. The lowest BCUT2D eigenvalue weighted by Gasteiger charge is -2.10. The molecule has 0 spiro atoms. The number of nitrogens with one attached hydrogen (secondary N) is 2. The molecule has 0 saturated carbocycles. The molecule has 0 atom stereocenters. The maximum absolute atomic E-state index is 12.4. The molecule has 0 radical (unpaired) electrons. The first kappa shape index (κ1) is 16.8. The maximum Gasteiger partial charge on any atom is 0.272 e. The second kappa shape index (κ2) is 7.61. The third-order valence-corrected chi connectivity index (χ3v) is 3.50. The molecule has 2 rings (SSSR count). The minimum absolute atomic E-state index is 0.167. The van der Waals surface area contributed by atoms with Crippen LogP contribution >= 0.6 is 11.6 Å². The van der Waals surface area contributed by atoms with Crippen molar-refractivity contribution >= 4 is 35.2 Å². The van der Waals surface area contributed by atoms with E-state index in [2.05, 4.69) is 10.6 Å². The molecule has 0 aliphatic rings. The van der Waals surface area contributed by atoms with Crippen LogP contribution < -0.4 is 10.6 Å². The quantitative estimate of drug-likeness (QED) is 0.839. The van der Waals surface area contributed by atoms with E-state index < -0.39 is 5.91 Å². The lowest BCUT2D eigenvalue weighted by Crippen LogP contribution is -2.28. The van der Waals surface area contributed by atoms with Crippen LogP contribution in [0.3, 0.4) is 0 Å². The highest BCUT2D eigenvalue weighted by atomic mass is 35.5. The van der Waals surface area contributed by atoms with Crippen molar-refractivity contribution in [1.29, 1.82) is 0 Å². The highest BCUT2D eigenvalue weighted by Crippen LogP contribution is 2.20. The van der Waals surface area contributed by atoms with E-state index in [1.54, 1.807) is 18.2 Å². The van der Waals surface area contributed by atoms with Gasteiger partial charge in [-0.05, 0) is 36.3 Å². The van der Waals surface area contributed by atoms with Gasteiger partial charge in [-0.3, -0.25) is 9.59 Å². The summed E-state index contributed by atoms with van der Waals surface area (Å²) in [5, 5.41) is 5.85. The maximum atomic E-state index is 12.4. The average molecular weight is 329 g/mol. The van der Waals surface area contributed by atoms with Crippen molar-refractivity contribution in [2.24, 2.45) is 0 Å². The molecule has 5 heteroatoms. The molecule has 2 N–H and O–H groups in total. The summed E-state index contributed by atoms with van der Waals surface area (Å²) in [5.74, 6) is -0.728. The molecule has 2 aromatic carbocycles. The predicted molar refractivity (Wildman–Crippen MR) is 93.1 cm³/mol. The fourth-order valence-corrected chi connectivity index (χ4v) is 2.11. The van der Waals surface area contributed by atoms with Crippen LogP contribution in [-0.2, 0) is 9.59 Å². The average Bonchev–Trinajstić information content (AvgIpc) is 2.51. The standard InChI is InChI=1S/C18H17ClN2O2/c1-12-8-9-15(11-16(12)19)21-18(23)17(20-13(2)22)10-14-6-4-3-5-7-14/h3-11H,1-2H3,(H,20,22)(H,21,23)/b17-10-. The van der Waals surface area contributed by atoms with Crippen LogP contribution in [0.5, 0.6) is 0 Å². The molecule has 0 bridgehead atoms. The number of halogens is 1. The number of rotatable bonds is 4. The molecule has 0 unspecified atom stereocenters. The van der Waals surface area contributed by atoms with Crippen LogP contribution in [0.15, 0.2) is 54.2 Å². The van der Waals surface area contributed by atoms with Crippen LogP contribution in [-0.4, -0.2) is 11.8 Å². The van der Waals surface area contributed by atoms with Gasteiger partial charge in [-0.25, -0.2) is 0 Å². The smallest absolute Gasteiger partial charge is 0.272 e. The molecule has 23 heavy (non-hydrogen) atoms. The van der Waals surface area contributed by atoms with Crippen molar-refractivity contribution in [2.45, 2.75) is 13.8 Å². The highest BCUT2D eigenvalue weighted by molar-refractivity contribution is 6.31. The molecule has 0 fully saturated rings. The van der Waals surface area contributed by atoms with E-state index in [1.165, 1.54) is 6.92 Å². The first-order valence-corrected chi connectivity index (χ1v) is 7.45. The molecule has 0 aromatic heterocycles. The van der Waals surface area contributed by atoms with Gasteiger partial charge in [0.25, 0.3) is 5.91 Å². The Morgan fingerprint density at radius 3 is 2.39 bits per heavy atom. The van der Waals surface area contributed by atoms with Crippen LogP contribution in [0.1, 0.15) is 18.1 Å². The van der Waals surface area contributed by atoms with Crippen LogP contribution in [0.2, 0.25) is 5.02 Å². The normalized spacial score (nSPS) is 11.0. The second-order valence-electron chi connectivity index (χ2n) is 5.07. The number of hydrogen-bond acceptors (Lipinski definition) is 2. The summed E-state index contributed by atoms with van der Waals surface area (Å²) in [6, 6.07) is 14.5. The molecule has 0 heterocycles. The minimum atomic E-state index is -0.413. The molecule has 0 saturated heterocycles. The Morgan fingerprint density at radius 2 is 1.78 bits per heavy atom. The van der Waals surface area contributed by atoms with Crippen molar-refractivity contribution in [2.75, 3.05) is 5.32 Å². The number of carbonyl (C=O) groups is 2. The Bertz CT molecular complexity index is 755. The van der Waals surface area contributed by atoms with Gasteiger partial charge in [0.15, 0.2) is 0 Å². The fourth-order valence-electron chi connectivity index (χ4n) is 1.93. The van der Waals surface area contributed by atoms with E-state index >= 15 is 0 Å². The molecule has 2 amide bonds. The first-order chi connectivity index (χ1) is 11.0. The zero-order valence-corrected chi connectivity index (χ0v) is 13.6. The molecule has 0 aliphatic heterocycles. The third kappa shape index (κ3) is 4.97. The Balaban J connectivity index is 2.24. The van der Waals surface area contributed by atoms with Crippen LogP contribution in [0.4, 0.5) is 5.69 Å². The van der Waals surface area contributed by atoms with Crippen molar-refractivity contribution in [3.63, 3.8) is 0 Å². The van der Waals surface area contributed by atoms with E-state index in [0.717, 1.165) is 11.1 Å². The Labute approximate surface area is 140 Å². The lowest BCUT2D eigenvalue weighted by atomic mass is 10.2. The summed E-state index contributed by atoms with van der Waals surface area (Å²) in [5.41, 5.74) is 2.47. The van der Waals surface area contributed by atoms with Crippen molar-refractivity contribution in [1.82, 2.24) is 5.32 Å². The van der Waals surface area contributed by atoms with Gasteiger partial charge < -0.3 is 10.6 Å². The van der Waals surface area contributed by atoms with Gasteiger partial charge in [-0.2, -0.15) is 0 Å². The number of benzene rings is 2. The van der Waals surface area contributed by atoms with E-state index in [0.29, 0.717) is 10.7 Å². The Morgan fingerprint density at radius 1 is 1.09 bits per heavy atom. The molecule has 2 aromatic rings. The number of anilines is 1. The number of carbonyl (C=O) groups excluding carboxylic acids is 2. The topological polar surface area (TPSA) is 58.2 Å². The van der Waals surface area contributed by atoms with Gasteiger partial charge in [0.1, 0.15) is 5.70 Å². The van der Waals surface area contributed by atoms with Gasteiger partial charge in [0.05, 0.1) is 0 Å². The SMILES string of the molecule is CC(=O)N/C(=C\c1ccccc1)C(=O)Nc1ccc(C)c(Cl)c1. The summed E-state index contributed by atoms with van der Waals surface area (Å²) < 4.78 is 0. The number of hydrogen-bond donors (Lipinski definition) is 2. The summed E-state index contributed by atoms with van der Waals surface area (Å²) in [4.78, 5) is 23.8. The van der Waals surface area contributed by atoms with E-state index in [1.807, 2.05) is 43.3 Å².